The number of alkyl carbamates (subject to hydrolysis) is 1. The van der Waals surface area contributed by atoms with E-state index in [0.29, 0.717) is 10.0 Å². The van der Waals surface area contributed by atoms with Crippen LogP contribution in [0.3, 0.4) is 0 Å². The molecule has 1 unspecified atom stereocenters. The molecule has 0 aliphatic heterocycles. The number of hydrogen-bond acceptors (Lipinski definition) is 3. The Morgan fingerprint density at radius 3 is 2.32 bits per heavy atom. The van der Waals surface area contributed by atoms with Gasteiger partial charge in [0.1, 0.15) is 11.4 Å². The van der Waals surface area contributed by atoms with Crippen molar-refractivity contribution >= 4 is 27.9 Å². The van der Waals surface area contributed by atoms with Crippen molar-refractivity contribution < 1.29 is 18.7 Å². The van der Waals surface area contributed by atoms with Gasteiger partial charge in [-0.05, 0) is 67.7 Å². The van der Waals surface area contributed by atoms with Gasteiger partial charge in [-0.15, -0.1) is 0 Å². The smallest absolute Gasteiger partial charge is 0.407 e. The first kappa shape index (κ1) is 21.4. The maximum absolute atomic E-state index is 13.2. The van der Waals surface area contributed by atoms with Crippen LogP contribution < -0.4 is 10.6 Å². The molecule has 0 radical (unpaired) electrons. The average Bonchev–Trinajstić information content (AvgIpc) is 2.43. The molecular formula is C18H26BrFN2O3. The summed E-state index contributed by atoms with van der Waals surface area (Å²) in [7, 11) is 0. The summed E-state index contributed by atoms with van der Waals surface area (Å²) in [6, 6.07) is 3.88. The number of ether oxygens (including phenoxy) is 1. The number of nitrogens with one attached hydrogen (secondary N) is 2. The third-order valence-corrected chi connectivity index (χ3v) is 4.50. The van der Waals surface area contributed by atoms with E-state index in [1.54, 1.807) is 20.8 Å². The third-order valence-electron chi connectivity index (χ3n) is 3.85. The number of benzene rings is 1. The highest BCUT2D eigenvalue weighted by molar-refractivity contribution is 9.10. The fraction of sp³-hybridized carbons (Fsp3) is 0.556. The van der Waals surface area contributed by atoms with Gasteiger partial charge in [-0.2, -0.15) is 0 Å². The van der Waals surface area contributed by atoms with Crippen molar-refractivity contribution in [3.05, 3.63) is 34.1 Å². The summed E-state index contributed by atoms with van der Waals surface area (Å²) in [6.07, 6.45) is -0.545. The van der Waals surface area contributed by atoms with Crippen LogP contribution in [0.2, 0.25) is 0 Å². The minimum Gasteiger partial charge on any atom is -0.444 e. The molecule has 0 fully saturated rings. The Morgan fingerprint density at radius 2 is 1.84 bits per heavy atom. The van der Waals surface area contributed by atoms with Crippen LogP contribution >= 0.6 is 15.9 Å². The predicted molar refractivity (Wildman–Crippen MR) is 99.0 cm³/mol. The number of carbonyl (C=O) groups is 2. The van der Waals surface area contributed by atoms with Crippen LogP contribution in [0.1, 0.15) is 51.9 Å². The van der Waals surface area contributed by atoms with E-state index in [1.165, 1.54) is 18.2 Å². The van der Waals surface area contributed by atoms with Gasteiger partial charge in [-0.3, -0.25) is 4.79 Å². The topological polar surface area (TPSA) is 67.4 Å². The molecule has 0 bridgehead atoms. The summed E-state index contributed by atoms with van der Waals surface area (Å²) in [6.45, 7) is 11.3. The molecule has 0 spiro atoms. The highest BCUT2D eigenvalue weighted by Crippen LogP contribution is 2.21. The van der Waals surface area contributed by atoms with E-state index in [2.05, 4.69) is 26.6 Å². The first-order valence-corrected chi connectivity index (χ1v) is 8.88. The minimum absolute atomic E-state index is 0.0330. The standard InChI is InChI=1S/C18H26BrFN2O3/c1-11(2)18(6,10-21-16(24)25-17(3,4)5)22-15(23)13-8-7-12(20)9-14(13)19/h7-9,11H,10H2,1-6H3,(H,21,24)(H,22,23). The summed E-state index contributed by atoms with van der Waals surface area (Å²) in [5, 5.41) is 5.62. The van der Waals surface area contributed by atoms with E-state index in [9.17, 15) is 14.0 Å². The molecule has 0 aromatic heterocycles. The molecule has 2 N–H and O–H groups in total. The van der Waals surface area contributed by atoms with Gasteiger partial charge < -0.3 is 15.4 Å². The second-order valence-corrected chi connectivity index (χ2v) is 8.36. The Labute approximate surface area is 156 Å². The van der Waals surface area contributed by atoms with Gasteiger partial charge in [0.25, 0.3) is 5.91 Å². The van der Waals surface area contributed by atoms with Crippen LogP contribution in [0.5, 0.6) is 0 Å². The van der Waals surface area contributed by atoms with E-state index >= 15 is 0 Å². The zero-order valence-electron chi connectivity index (χ0n) is 15.5. The molecule has 1 atom stereocenters. The fourth-order valence-electron chi connectivity index (χ4n) is 1.96. The molecule has 0 saturated heterocycles. The SMILES string of the molecule is CC(C)C(C)(CNC(=O)OC(C)(C)C)NC(=O)c1ccc(F)cc1Br. The Kier molecular flexibility index (Phi) is 6.99. The highest BCUT2D eigenvalue weighted by Gasteiger charge is 2.32. The summed E-state index contributed by atoms with van der Waals surface area (Å²) >= 11 is 3.20. The Hall–Kier alpha value is -1.63. The third kappa shape index (κ3) is 6.65. The average molecular weight is 417 g/mol. The maximum atomic E-state index is 13.2. The highest BCUT2D eigenvalue weighted by atomic mass is 79.9. The maximum Gasteiger partial charge on any atom is 0.407 e. The van der Waals surface area contributed by atoms with Gasteiger partial charge >= 0.3 is 6.09 Å². The molecule has 0 aliphatic rings. The van der Waals surface area contributed by atoms with Crippen molar-refractivity contribution in [2.24, 2.45) is 5.92 Å². The van der Waals surface area contributed by atoms with E-state index in [0.717, 1.165) is 0 Å². The van der Waals surface area contributed by atoms with Crippen molar-refractivity contribution in [3.63, 3.8) is 0 Å². The quantitative estimate of drug-likeness (QED) is 0.753. The summed E-state index contributed by atoms with van der Waals surface area (Å²) in [5.74, 6) is -0.749. The number of rotatable bonds is 5. The van der Waals surface area contributed by atoms with Crippen LogP contribution in [-0.4, -0.2) is 29.7 Å². The summed E-state index contributed by atoms with van der Waals surface area (Å²) in [4.78, 5) is 24.4. The Morgan fingerprint density at radius 1 is 1.24 bits per heavy atom. The van der Waals surface area contributed by atoms with Crippen LogP contribution in [0.15, 0.2) is 22.7 Å². The number of carbonyl (C=O) groups excluding carboxylic acids is 2. The normalized spacial score (nSPS) is 14.0. The van der Waals surface area contributed by atoms with Gasteiger partial charge in [0.2, 0.25) is 0 Å². The van der Waals surface area contributed by atoms with E-state index < -0.39 is 23.1 Å². The molecule has 0 heterocycles. The van der Waals surface area contributed by atoms with Gasteiger partial charge in [-0.25, -0.2) is 9.18 Å². The predicted octanol–water partition coefficient (Wildman–Crippen LogP) is 4.26. The molecule has 1 aromatic rings. The largest absolute Gasteiger partial charge is 0.444 e. The lowest BCUT2D eigenvalue weighted by Gasteiger charge is -2.35. The lowest BCUT2D eigenvalue weighted by Crippen LogP contribution is -2.57. The van der Waals surface area contributed by atoms with Gasteiger partial charge in [0.15, 0.2) is 0 Å². The molecule has 140 valence electrons. The van der Waals surface area contributed by atoms with E-state index in [4.69, 9.17) is 4.74 Å². The second kappa shape index (κ2) is 8.17. The molecular weight excluding hydrogens is 391 g/mol. The molecule has 1 rings (SSSR count). The second-order valence-electron chi connectivity index (χ2n) is 7.51. The molecule has 0 aliphatic carbocycles. The van der Waals surface area contributed by atoms with E-state index in [1.807, 2.05) is 20.8 Å². The molecule has 1 aromatic carbocycles. The van der Waals surface area contributed by atoms with Crippen molar-refractivity contribution in [2.45, 2.75) is 52.7 Å². The Balaban J connectivity index is 2.84. The fourth-order valence-corrected chi connectivity index (χ4v) is 2.49. The summed E-state index contributed by atoms with van der Waals surface area (Å²) in [5.41, 5.74) is -0.979. The zero-order chi connectivity index (χ0) is 19.4. The van der Waals surface area contributed by atoms with Gasteiger partial charge in [0, 0.05) is 11.0 Å². The number of hydrogen-bond donors (Lipinski definition) is 2. The zero-order valence-corrected chi connectivity index (χ0v) is 17.1. The van der Waals surface area contributed by atoms with Gasteiger partial charge in [-0.1, -0.05) is 13.8 Å². The monoisotopic (exact) mass is 416 g/mol. The van der Waals surface area contributed by atoms with Crippen LogP contribution in [-0.2, 0) is 4.74 Å². The first-order valence-electron chi connectivity index (χ1n) is 8.08. The van der Waals surface area contributed by atoms with Crippen molar-refractivity contribution in [1.29, 1.82) is 0 Å². The van der Waals surface area contributed by atoms with Crippen LogP contribution in [0.25, 0.3) is 0 Å². The van der Waals surface area contributed by atoms with Crippen molar-refractivity contribution in [3.8, 4) is 0 Å². The molecule has 5 nitrogen and oxygen atoms in total. The summed E-state index contributed by atoms with van der Waals surface area (Å²) < 4.78 is 18.8. The lowest BCUT2D eigenvalue weighted by molar-refractivity contribution is 0.0497. The van der Waals surface area contributed by atoms with Crippen LogP contribution in [0.4, 0.5) is 9.18 Å². The minimum atomic E-state index is -0.707. The lowest BCUT2D eigenvalue weighted by atomic mass is 9.88. The first-order chi connectivity index (χ1) is 11.3. The van der Waals surface area contributed by atoms with Crippen LogP contribution in [0, 0.1) is 11.7 Å². The number of amides is 2. The molecule has 7 heteroatoms. The van der Waals surface area contributed by atoms with E-state index in [-0.39, 0.29) is 18.4 Å². The molecule has 25 heavy (non-hydrogen) atoms. The number of halogens is 2. The van der Waals surface area contributed by atoms with Gasteiger partial charge in [0.05, 0.1) is 11.1 Å². The van der Waals surface area contributed by atoms with Crippen molar-refractivity contribution in [2.75, 3.05) is 6.54 Å². The molecule has 2 amide bonds. The van der Waals surface area contributed by atoms with Crippen molar-refractivity contribution in [1.82, 2.24) is 10.6 Å². The Bertz CT molecular complexity index is 644. The molecule has 0 saturated carbocycles.